The van der Waals surface area contributed by atoms with Crippen LogP contribution in [0.2, 0.25) is 0 Å². The van der Waals surface area contributed by atoms with Gasteiger partial charge in [0, 0.05) is 6.42 Å². The second-order valence-corrected chi connectivity index (χ2v) is 6.98. The molecule has 3 rings (SSSR count). The summed E-state index contributed by atoms with van der Waals surface area (Å²) < 4.78 is 12.3. The van der Waals surface area contributed by atoms with Crippen LogP contribution in [0.25, 0.3) is 0 Å². The van der Waals surface area contributed by atoms with E-state index in [0.717, 1.165) is 19.3 Å². The summed E-state index contributed by atoms with van der Waals surface area (Å²) >= 11 is 0. The van der Waals surface area contributed by atoms with Gasteiger partial charge in [0.1, 0.15) is 23.8 Å². The summed E-state index contributed by atoms with van der Waals surface area (Å²) in [6, 6.07) is 0. The number of aromatic nitrogens is 5. The average molecular weight is 334 g/mol. The molecule has 0 radical (unpaired) electrons. The second-order valence-electron chi connectivity index (χ2n) is 6.98. The molecule has 1 fully saturated rings. The van der Waals surface area contributed by atoms with E-state index in [2.05, 4.69) is 25.5 Å². The predicted octanol–water partition coefficient (Wildman–Crippen LogP) is 1.81. The molecule has 130 valence electrons. The predicted molar refractivity (Wildman–Crippen MR) is 82.9 cm³/mol. The van der Waals surface area contributed by atoms with Crippen molar-refractivity contribution in [2.75, 3.05) is 0 Å². The SMILES string of the molecule is CC(C)(C)OC(=O)NC1(c2noc(CCn3cncn3)n2)CCC1. The topological polar surface area (TPSA) is 108 Å². The maximum absolute atomic E-state index is 12.1. The largest absolute Gasteiger partial charge is 0.444 e. The lowest BCUT2D eigenvalue weighted by Gasteiger charge is -2.39. The molecule has 2 aromatic heterocycles. The molecule has 0 bridgehead atoms. The standard InChI is InChI=1S/C15H22N6O3/c1-14(2,3)23-13(22)19-15(6-4-7-15)12-18-11(24-20-12)5-8-21-10-16-9-17-21/h9-10H,4-8H2,1-3H3,(H,19,22). The first-order chi connectivity index (χ1) is 11.4. The van der Waals surface area contributed by atoms with Gasteiger partial charge in [0.05, 0.1) is 6.54 Å². The molecule has 1 aliphatic carbocycles. The molecule has 1 aliphatic rings. The lowest BCUT2D eigenvalue weighted by molar-refractivity contribution is 0.0362. The number of ether oxygens (including phenoxy) is 1. The third-order valence-corrected chi connectivity index (χ3v) is 3.86. The van der Waals surface area contributed by atoms with Crippen molar-refractivity contribution in [3.8, 4) is 0 Å². The van der Waals surface area contributed by atoms with E-state index in [1.165, 1.54) is 6.33 Å². The van der Waals surface area contributed by atoms with E-state index in [1.54, 1.807) is 11.0 Å². The molecule has 0 saturated heterocycles. The summed E-state index contributed by atoms with van der Waals surface area (Å²) in [6.07, 6.45) is 5.75. The number of nitrogens with zero attached hydrogens (tertiary/aromatic N) is 5. The number of carbonyl (C=O) groups is 1. The van der Waals surface area contributed by atoms with Gasteiger partial charge < -0.3 is 14.6 Å². The molecule has 1 N–H and O–H groups in total. The Morgan fingerprint density at radius 2 is 2.25 bits per heavy atom. The van der Waals surface area contributed by atoms with Gasteiger partial charge in [0.25, 0.3) is 0 Å². The molecule has 9 nitrogen and oxygen atoms in total. The van der Waals surface area contributed by atoms with E-state index < -0.39 is 17.2 Å². The minimum absolute atomic E-state index is 0.462. The Morgan fingerprint density at radius 1 is 1.46 bits per heavy atom. The van der Waals surface area contributed by atoms with E-state index in [4.69, 9.17) is 9.26 Å². The molecule has 0 atom stereocenters. The van der Waals surface area contributed by atoms with Crippen molar-refractivity contribution in [1.29, 1.82) is 0 Å². The minimum atomic E-state index is -0.586. The van der Waals surface area contributed by atoms with Crippen LogP contribution in [0.3, 0.4) is 0 Å². The fraction of sp³-hybridized carbons (Fsp3) is 0.667. The zero-order chi connectivity index (χ0) is 17.2. The van der Waals surface area contributed by atoms with E-state index in [0.29, 0.717) is 24.7 Å². The molecule has 0 aliphatic heterocycles. The summed E-state index contributed by atoms with van der Waals surface area (Å²) in [5.41, 5.74) is -1.13. The third-order valence-electron chi connectivity index (χ3n) is 3.86. The third kappa shape index (κ3) is 3.72. The van der Waals surface area contributed by atoms with Gasteiger partial charge in [0.2, 0.25) is 5.89 Å². The van der Waals surface area contributed by atoms with Gasteiger partial charge in [-0.05, 0) is 40.0 Å². The van der Waals surface area contributed by atoms with Gasteiger partial charge >= 0.3 is 6.09 Å². The highest BCUT2D eigenvalue weighted by Crippen LogP contribution is 2.40. The average Bonchev–Trinajstić information content (AvgIpc) is 3.10. The van der Waals surface area contributed by atoms with Gasteiger partial charge in [-0.25, -0.2) is 9.78 Å². The number of amides is 1. The van der Waals surface area contributed by atoms with Crippen LogP contribution >= 0.6 is 0 Å². The van der Waals surface area contributed by atoms with Crippen LogP contribution in [0.5, 0.6) is 0 Å². The minimum Gasteiger partial charge on any atom is -0.444 e. The molecule has 1 saturated carbocycles. The van der Waals surface area contributed by atoms with E-state index >= 15 is 0 Å². The zero-order valence-electron chi connectivity index (χ0n) is 14.2. The highest BCUT2D eigenvalue weighted by Gasteiger charge is 2.45. The lowest BCUT2D eigenvalue weighted by Crippen LogP contribution is -2.52. The number of hydrogen-bond donors (Lipinski definition) is 1. The monoisotopic (exact) mass is 334 g/mol. The highest BCUT2D eigenvalue weighted by molar-refractivity contribution is 5.69. The van der Waals surface area contributed by atoms with Crippen molar-refractivity contribution in [1.82, 2.24) is 30.2 Å². The van der Waals surface area contributed by atoms with Gasteiger partial charge in [-0.15, -0.1) is 0 Å². The summed E-state index contributed by atoms with van der Waals surface area (Å²) in [5.74, 6) is 1.02. The lowest BCUT2D eigenvalue weighted by atomic mass is 9.76. The van der Waals surface area contributed by atoms with Gasteiger partial charge in [-0.3, -0.25) is 4.68 Å². The van der Waals surface area contributed by atoms with Crippen LogP contribution in [0.4, 0.5) is 4.79 Å². The molecule has 9 heteroatoms. The van der Waals surface area contributed by atoms with Crippen LogP contribution < -0.4 is 5.32 Å². The van der Waals surface area contributed by atoms with Crippen LogP contribution in [0.15, 0.2) is 17.2 Å². The highest BCUT2D eigenvalue weighted by atomic mass is 16.6. The summed E-state index contributed by atoms with van der Waals surface area (Å²) in [4.78, 5) is 20.4. The number of alkyl carbamates (subject to hydrolysis) is 1. The number of rotatable bonds is 5. The summed E-state index contributed by atoms with van der Waals surface area (Å²) in [6.45, 7) is 6.10. The first-order valence-electron chi connectivity index (χ1n) is 8.03. The van der Waals surface area contributed by atoms with E-state index in [1.807, 2.05) is 20.8 Å². The Labute approximate surface area is 139 Å². The Morgan fingerprint density at radius 3 is 2.83 bits per heavy atom. The van der Waals surface area contributed by atoms with Gasteiger partial charge in [-0.2, -0.15) is 10.1 Å². The van der Waals surface area contributed by atoms with Crippen molar-refractivity contribution in [3.05, 3.63) is 24.4 Å². The molecular formula is C15H22N6O3. The number of nitrogens with one attached hydrogen (secondary N) is 1. The molecule has 2 heterocycles. The fourth-order valence-corrected chi connectivity index (χ4v) is 2.54. The van der Waals surface area contributed by atoms with Crippen molar-refractivity contribution in [2.45, 2.75) is 64.1 Å². The summed E-state index contributed by atoms with van der Waals surface area (Å²) in [7, 11) is 0. The smallest absolute Gasteiger partial charge is 0.408 e. The number of aryl methyl sites for hydroxylation is 2. The molecule has 0 spiro atoms. The van der Waals surface area contributed by atoms with Crippen molar-refractivity contribution < 1.29 is 14.1 Å². The Hall–Kier alpha value is -2.45. The maximum atomic E-state index is 12.1. The Bertz CT molecular complexity index is 684. The fourth-order valence-electron chi connectivity index (χ4n) is 2.54. The molecule has 2 aromatic rings. The Balaban J connectivity index is 1.64. The quantitative estimate of drug-likeness (QED) is 0.888. The van der Waals surface area contributed by atoms with Crippen LogP contribution in [-0.4, -0.2) is 36.6 Å². The Kier molecular flexibility index (Phi) is 4.25. The van der Waals surface area contributed by atoms with Crippen LogP contribution in [0.1, 0.15) is 51.7 Å². The molecule has 24 heavy (non-hydrogen) atoms. The zero-order valence-corrected chi connectivity index (χ0v) is 14.2. The van der Waals surface area contributed by atoms with Gasteiger partial charge in [-0.1, -0.05) is 5.16 Å². The molecule has 1 amide bonds. The number of hydrogen-bond acceptors (Lipinski definition) is 7. The number of carbonyl (C=O) groups excluding carboxylic acids is 1. The van der Waals surface area contributed by atoms with Gasteiger partial charge in [0.15, 0.2) is 5.82 Å². The molecular weight excluding hydrogens is 312 g/mol. The van der Waals surface area contributed by atoms with E-state index in [9.17, 15) is 4.79 Å². The van der Waals surface area contributed by atoms with Crippen molar-refractivity contribution in [3.63, 3.8) is 0 Å². The maximum Gasteiger partial charge on any atom is 0.408 e. The van der Waals surface area contributed by atoms with Crippen LogP contribution in [0, 0.1) is 0 Å². The van der Waals surface area contributed by atoms with Crippen molar-refractivity contribution in [2.24, 2.45) is 0 Å². The second kappa shape index (κ2) is 6.21. The summed E-state index contributed by atoms with van der Waals surface area (Å²) in [5, 5.41) is 11.0. The van der Waals surface area contributed by atoms with E-state index in [-0.39, 0.29) is 0 Å². The molecule has 0 aromatic carbocycles. The first-order valence-corrected chi connectivity index (χ1v) is 8.03. The first kappa shape index (κ1) is 16.4. The van der Waals surface area contributed by atoms with Crippen LogP contribution in [-0.2, 0) is 23.2 Å². The van der Waals surface area contributed by atoms with Crippen molar-refractivity contribution >= 4 is 6.09 Å². The normalized spacial score (nSPS) is 16.5. The molecule has 0 unspecified atom stereocenters.